The minimum absolute atomic E-state index is 0.116. The Morgan fingerprint density at radius 3 is 2.38 bits per heavy atom. The highest BCUT2D eigenvalue weighted by Crippen LogP contribution is 2.29. The normalized spacial score (nSPS) is 12.4. The van der Waals surface area contributed by atoms with Crippen LogP contribution < -0.4 is 10.7 Å². The van der Waals surface area contributed by atoms with Gasteiger partial charge in [0.1, 0.15) is 5.69 Å². The van der Waals surface area contributed by atoms with Crippen LogP contribution in [0.4, 0.5) is 18.9 Å². The number of hydrogen-bond donors (Lipinski definition) is 2. The molecular weight excluding hydrogens is 389 g/mol. The van der Waals surface area contributed by atoms with Gasteiger partial charge in [0.2, 0.25) is 0 Å². The summed E-state index contributed by atoms with van der Waals surface area (Å²) in [5.41, 5.74) is -0.801. The topological polar surface area (TPSA) is 88.3 Å². The Labute approximate surface area is 162 Å². The van der Waals surface area contributed by atoms with Gasteiger partial charge < -0.3 is 15.0 Å². The van der Waals surface area contributed by atoms with E-state index in [2.05, 4.69) is 10.3 Å². The molecule has 0 saturated carbocycles. The molecule has 9 heteroatoms. The highest BCUT2D eigenvalue weighted by Gasteiger charge is 2.30. The minimum Gasteiger partial charge on any atom is -0.448 e. The second kappa shape index (κ2) is 7.78. The van der Waals surface area contributed by atoms with Gasteiger partial charge in [0.15, 0.2) is 11.5 Å². The zero-order valence-corrected chi connectivity index (χ0v) is 15.0. The van der Waals surface area contributed by atoms with Gasteiger partial charge in [-0.25, -0.2) is 4.79 Å². The predicted molar refractivity (Wildman–Crippen MR) is 99.5 cm³/mol. The summed E-state index contributed by atoms with van der Waals surface area (Å²) in [5, 5.41) is 2.76. The molecular formula is C20H15F3N2O4. The summed E-state index contributed by atoms with van der Waals surface area (Å²) in [6.07, 6.45) is -5.73. The van der Waals surface area contributed by atoms with Crippen molar-refractivity contribution in [3.8, 4) is 0 Å². The van der Waals surface area contributed by atoms with Gasteiger partial charge in [0, 0.05) is 22.7 Å². The number of amides is 1. The number of halogens is 3. The molecule has 0 aliphatic rings. The van der Waals surface area contributed by atoms with Crippen LogP contribution >= 0.6 is 0 Å². The van der Waals surface area contributed by atoms with E-state index in [4.69, 9.17) is 4.74 Å². The van der Waals surface area contributed by atoms with Crippen LogP contribution in [0.3, 0.4) is 0 Å². The molecule has 0 aliphatic carbocycles. The van der Waals surface area contributed by atoms with E-state index >= 15 is 0 Å². The molecule has 1 aromatic heterocycles. The van der Waals surface area contributed by atoms with E-state index in [1.807, 2.05) is 0 Å². The molecule has 6 nitrogen and oxygen atoms in total. The lowest BCUT2D eigenvalue weighted by molar-refractivity contribution is -0.137. The van der Waals surface area contributed by atoms with E-state index in [1.54, 1.807) is 24.3 Å². The number of rotatable bonds is 4. The third-order valence-electron chi connectivity index (χ3n) is 4.09. The molecule has 1 heterocycles. The van der Waals surface area contributed by atoms with Crippen LogP contribution in [0.1, 0.15) is 23.0 Å². The van der Waals surface area contributed by atoms with E-state index in [9.17, 15) is 27.6 Å². The van der Waals surface area contributed by atoms with Crippen molar-refractivity contribution in [1.29, 1.82) is 0 Å². The summed E-state index contributed by atoms with van der Waals surface area (Å²) < 4.78 is 42.8. The first-order chi connectivity index (χ1) is 13.6. The summed E-state index contributed by atoms with van der Waals surface area (Å²) in [5.74, 6) is -1.65. The van der Waals surface area contributed by atoms with Crippen LogP contribution in [-0.2, 0) is 15.7 Å². The molecule has 0 spiro atoms. The number of carbonyl (C=O) groups is 2. The fraction of sp³-hybridized carbons (Fsp3) is 0.150. The van der Waals surface area contributed by atoms with Crippen molar-refractivity contribution in [2.75, 3.05) is 5.32 Å². The molecule has 0 radical (unpaired) electrons. The zero-order valence-electron chi connectivity index (χ0n) is 15.0. The summed E-state index contributed by atoms with van der Waals surface area (Å²) in [4.78, 5) is 39.3. The van der Waals surface area contributed by atoms with Crippen LogP contribution in [0.15, 0.2) is 59.4 Å². The average Bonchev–Trinajstić information content (AvgIpc) is 2.67. The largest absolute Gasteiger partial charge is 0.448 e. The smallest absolute Gasteiger partial charge is 0.416 e. The number of carbonyl (C=O) groups excluding carboxylic acids is 2. The maximum absolute atomic E-state index is 12.6. The Morgan fingerprint density at radius 1 is 1.07 bits per heavy atom. The van der Waals surface area contributed by atoms with E-state index in [-0.39, 0.29) is 16.8 Å². The number of pyridine rings is 1. The number of aromatic nitrogens is 1. The molecule has 2 aromatic carbocycles. The van der Waals surface area contributed by atoms with Gasteiger partial charge in [-0.3, -0.25) is 9.59 Å². The number of anilines is 1. The molecule has 0 aliphatic heterocycles. The van der Waals surface area contributed by atoms with Gasteiger partial charge in [0.05, 0.1) is 5.56 Å². The lowest BCUT2D eigenvalue weighted by Gasteiger charge is -2.14. The van der Waals surface area contributed by atoms with Gasteiger partial charge in [-0.2, -0.15) is 13.2 Å². The fourth-order valence-electron chi connectivity index (χ4n) is 2.57. The quantitative estimate of drug-likeness (QED) is 0.649. The molecule has 0 bridgehead atoms. The van der Waals surface area contributed by atoms with Crippen LogP contribution in [0.2, 0.25) is 0 Å². The standard InChI is InChI=1S/C20H15F3N2O4/c1-11(18(27)24-13-8-6-12(7-9-13)20(21,22)23)29-19(28)16-10-17(26)14-4-2-3-5-15(14)25-16/h2-11H,1H3,(H,24,27)(H,25,26)/t11-/m1/s1. The highest BCUT2D eigenvalue weighted by atomic mass is 19.4. The summed E-state index contributed by atoms with van der Waals surface area (Å²) in [6, 6.07) is 11.5. The number of para-hydroxylation sites is 1. The molecule has 2 N–H and O–H groups in total. The second-order valence-electron chi connectivity index (χ2n) is 6.20. The first kappa shape index (κ1) is 20.1. The lowest BCUT2D eigenvalue weighted by Crippen LogP contribution is -2.30. The minimum atomic E-state index is -4.48. The maximum atomic E-state index is 12.6. The van der Waals surface area contributed by atoms with Crippen molar-refractivity contribution in [2.45, 2.75) is 19.2 Å². The summed E-state index contributed by atoms with van der Waals surface area (Å²) in [6.45, 7) is 1.30. The summed E-state index contributed by atoms with van der Waals surface area (Å²) in [7, 11) is 0. The Bertz CT molecular complexity index is 1120. The van der Waals surface area contributed by atoms with Crippen molar-refractivity contribution < 1.29 is 27.5 Å². The molecule has 1 amide bonds. The van der Waals surface area contributed by atoms with E-state index in [0.29, 0.717) is 10.9 Å². The third-order valence-corrected chi connectivity index (χ3v) is 4.09. The van der Waals surface area contributed by atoms with Crippen molar-refractivity contribution in [3.63, 3.8) is 0 Å². The molecule has 29 heavy (non-hydrogen) atoms. The zero-order chi connectivity index (χ0) is 21.2. The number of alkyl halides is 3. The van der Waals surface area contributed by atoms with Gasteiger partial charge in [-0.1, -0.05) is 12.1 Å². The first-order valence-corrected chi connectivity index (χ1v) is 8.46. The second-order valence-corrected chi connectivity index (χ2v) is 6.20. The van der Waals surface area contributed by atoms with Crippen molar-refractivity contribution in [1.82, 2.24) is 4.98 Å². The number of benzene rings is 2. The number of ether oxygens (including phenoxy) is 1. The van der Waals surface area contributed by atoms with Gasteiger partial charge in [-0.15, -0.1) is 0 Å². The lowest BCUT2D eigenvalue weighted by atomic mass is 10.2. The Kier molecular flexibility index (Phi) is 5.40. The molecule has 0 unspecified atom stereocenters. The monoisotopic (exact) mass is 404 g/mol. The molecule has 150 valence electrons. The first-order valence-electron chi connectivity index (χ1n) is 8.46. The van der Waals surface area contributed by atoms with Gasteiger partial charge >= 0.3 is 12.1 Å². The number of hydrogen-bond acceptors (Lipinski definition) is 4. The van der Waals surface area contributed by atoms with Gasteiger partial charge in [-0.05, 0) is 43.3 Å². The average molecular weight is 404 g/mol. The Morgan fingerprint density at radius 2 is 1.72 bits per heavy atom. The van der Waals surface area contributed by atoms with E-state index in [0.717, 1.165) is 30.3 Å². The molecule has 0 fully saturated rings. The van der Waals surface area contributed by atoms with Crippen LogP contribution in [0.25, 0.3) is 10.9 Å². The van der Waals surface area contributed by atoms with E-state index in [1.165, 1.54) is 6.92 Å². The van der Waals surface area contributed by atoms with Crippen LogP contribution in [-0.4, -0.2) is 23.0 Å². The Hall–Kier alpha value is -3.62. The van der Waals surface area contributed by atoms with Crippen molar-refractivity contribution in [3.05, 3.63) is 76.1 Å². The van der Waals surface area contributed by atoms with Crippen molar-refractivity contribution >= 4 is 28.5 Å². The maximum Gasteiger partial charge on any atom is 0.416 e. The molecule has 3 aromatic rings. The predicted octanol–water partition coefficient (Wildman–Crippen LogP) is 3.73. The Balaban J connectivity index is 1.68. The van der Waals surface area contributed by atoms with Crippen LogP contribution in [0.5, 0.6) is 0 Å². The summed E-state index contributed by atoms with van der Waals surface area (Å²) >= 11 is 0. The number of nitrogens with one attached hydrogen (secondary N) is 2. The van der Waals surface area contributed by atoms with Gasteiger partial charge in [0.25, 0.3) is 5.91 Å². The van der Waals surface area contributed by atoms with Crippen LogP contribution in [0, 0.1) is 0 Å². The number of esters is 1. The SMILES string of the molecule is C[C@@H](OC(=O)c1cc(=O)c2ccccc2[nH]1)C(=O)Nc1ccc(C(F)(F)F)cc1. The highest BCUT2D eigenvalue weighted by molar-refractivity contribution is 5.97. The number of H-pyrrole nitrogens is 1. The molecule has 0 saturated heterocycles. The molecule has 3 rings (SSSR count). The third kappa shape index (κ3) is 4.63. The number of aromatic amines is 1. The van der Waals surface area contributed by atoms with Crippen molar-refractivity contribution in [2.24, 2.45) is 0 Å². The van der Waals surface area contributed by atoms with E-state index < -0.39 is 29.7 Å². The number of fused-ring (bicyclic) bond motifs is 1. The molecule has 1 atom stereocenters. The fourth-order valence-corrected chi connectivity index (χ4v) is 2.57.